The number of nitrogens with zero attached hydrogens (tertiary/aromatic N) is 1. The molecule has 1 aromatic carbocycles. The SMILES string of the molecule is CC(=O)N[C@@H](CC(C)C)C(=O)NC(CC1CCNCC1)C(=O)c1nc2ccccc2s1. The van der Waals surface area contributed by atoms with Crippen LogP contribution in [0.15, 0.2) is 24.3 Å². The second-order valence-electron chi connectivity index (χ2n) is 8.72. The van der Waals surface area contributed by atoms with E-state index in [1.165, 1.54) is 18.3 Å². The van der Waals surface area contributed by atoms with Crippen LogP contribution in [0.5, 0.6) is 0 Å². The summed E-state index contributed by atoms with van der Waals surface area (Å²) in [4.78, 5) is 42.6. The summed E-state index contributed by atoms with van der Waals surface area (Å²) < 4.78 is 0.953. The van der Waals surface area contributed by atoms with Crippen LogP contribution < -0.4 is 16.0 Å². The van der Waals surface area contributed by atoms with Crippen LogP contribution >= 0.6 is 11.3 Å². The minimum atomic E-state index is -0.656. The number of amides is 2. The Labute approximate surface area is 187 Å². The molecule has 1 fully saturated rings. The number of hydrogen-bond acceptors (Lipinski definition) is 6. The fourth-order valence-electron chi connectivity index (χ4n) is 4.03. The number of thiazole rings is 1. The van der Waals surface area contributed by atoms with Crippen LogP contribution in [-0.2, 0) is 9.59 Å². The number of ketones is 1. The molecular weight excluding hydrogens is 412 g/mol. The van der Waals surface area contributed by atoms with E-state index in [0.29, 0.717) is 23.8 Å². The largest absolute Gasteiger partial charge is 0.345 e. The smallest absolute Gasteiger partial charge is 0.243 e. The number of rotatable bonds is 9. The van der Waals surface area contributed by atoms with Crippen LogP contribution in [0.2, 0.25) is 0 Å². The minimum Gasteiger partial charge on any atom is -0.345 e. The molecule has 0 spiro atoms. The normalized spacial score (nSPS) is 16.8. The lowest BCUT2D eigenvalue weighted by molar-refractivity contribution is -0.128. The standard InChI is InChI=1S/C23H32N4O3S/c1-14(2)12-19(25-15(3)28)22(30)26-18(13-16-8-10-24-11-9-16)21(29)23-27-17-6-4-5-7-20(17)31-23/h4-7,14,16,18-19,24H,8-13H2,1-3H3,(H,25,28)(H,26,30)/t18?,19-/m0/s1. The lowest BCUT2D eigenvalue weighted by atomic mass is 9.89. The van der Waals surface area contributed by atoms with Gasteiger partial charge >= 0.3 is 0 Å². The molecule has 1 aromatic heterocycles. The Bertz CT molecular complexity index is 887. The van der Waals surface area contributed by atoms with E-state index in [9.17, 15) is 14.4 Å². The van der Waals surface area contributed by atoms with Crippen molar-refractivity contribution in [2.24, 2.45) is 11.8 Å². The number of para-hydroxylation sites is 1. The number of benzene rings is 1. The first-order chi connectivity index (χ1) is 14.8. The molecule has 0 saturated carbocycles. The van der Waals surface area contributed by atoms with Gasteiger partial charge in [-0.2, -0.15) is 0 Å². The molecule has 1 unspecified atom stereocenters. The van der Waals surface area contributed by atoms with Crippen molar-refractivity contribution < 1.29 is 14.4 Å². The first-order valence-corrected chi connectivity index (χ1v) is 11.8. The van der Waals surface area contributed by atoms with Gasteiger partial charge in [0, 0.05) is 6.92 Å². The second-order valence-corrected chi connectivity index (χ2v) is 9.75. The zero-order valence-electron chi connectivity index (χ0n) is 18.4. The molecule has 2 atom stereocenters. The second kappa shape index (κ2) is 10.8. The van der Waals surface area contributed by atoms with E-state index >= 15 is 0 Å². The van der Waals surface area contributed by atoms with Gasteiger partial charge < -0.3 is 16.0 Å². The summed E-state index contributed by atoms with van der Waals surface area (Å²) >= 11 is 1.36. The number of hydrogen-bond donors (Lipinski definition) is 3. The Balaban J connectivity index is 1.81. The molecule has 1 saturated heterocycles. The van der Waals surface area contributed by atoms with E-state index in [4.69, 9.17) is 0 Å². The van der Waals surface area contributed by atoms with Gasteiger partial charge in [-0.3, -0.25) is 14.4 Å². The highest BCUT2D eigenvalue weighted by atomic mass is 32.1. The number of carbonyl (C=O) groups excluding carboxylic acids is 3. The van der Waals surface area contributed by atoms with Crippen LogP contribution in [0, 0.1) is 11.8 Å². The average Bonchev–Trinajstić information content (AvgIpc) is 3.16. The summed E-state index contributed by atoms with van der Waals surface area (Å²) in [6.07, 6.45) is 3.04. The van der Waals surface area contributed by atoms with Crippen molar-refractivity contribution in [3.05, 3.63) is 29.3 Å². The summed E-state index contributed by atoms with van der Waals surface area (Å²) in [7, 11) is 0. The van der Waals surface area contributed by atoms with Crippen molar-refractivity contribution in [3.8, 4) is 0 Å². The maximum Gasteiger partial charge on any atom is 0.243 e. The molecule has 3 N–H and O–H groups in total. The van der Waals surface area contributed by atoms with Gasteiger partial charge in [-0.1, -0.05) is 26.0 Å². The zero-order chi connectivity index (χ0) is 22.4. The van der Waals surface area contributed by atoms with Gasteiger partial charge in [-0.25, -0.2) is 4.98 Å². The minimum absolute atomic E-state index is 0.154. The lowest BCUT2D eigenvalue weighted by Crippen LogP contribution is -2.52. The van der Waals surface area contributed by atoms with Gasteiger partial charge in [-0.05, 0) is 62.7 Å². The Morgan fingerprint density at radius 1 is 1.13 bits per heavy atom. The summed E-state index contributed by atoms with van der Waals surface area (Å²) in [6, 6.07) is 6.34. The third kappa shape index (κ3) is 6.58. The highest BCUT2D eigenvalue weighted by Gasteiger charge is 2.31. The molecule has 3 rings (SSSR count). The molecule has 2 amide bonds. The number of fused-ring (bicyclic) bond motifs is 1. The van der Waals surface area contributed by atoms with Gasteiger partial charge in [0.2, 0.25) is 17.6 Å². The van der Waals surface area contributed by atoms with E-state index in [1.54, 1.807) is 0 Å². The Hall–Kier alpha value is -2.32. The Morgan fingerprint density at radius 3 is 2.48 bits per heavy atom. The first kappa shape index (κ1) is 23.3. The quantitative estimate of drug-likeness (QED) is 0.517. The molecule has 2 heterocycles. The highest BCUT2D eigenvalue weighted by molar-refractivity contribution is 7.20. The van der Waals surface area contributed by atoms with Gasteiger partial charge in [0.05, 0.1) is 16.3 Å². The fraction of sp³-hybridized carbons (Fsp3) is 0.565. The van der Waals surface area contributed by atoms with Crippen molar-refractivity contribution in [1.29, 1.82) is 0 Å². The number of carbonyl (C=O) groups is 3. The number of aromatic nitrogens is 1. The molecule has 0 radical (unpaired) electrons. The van der Waals surface area contributed by atoms with Gasteiger partial charge in [0.15, 0.2) is 5.01 Å². The number of piperidine rings is 1. The molecule has 168 valence electrons. The number of Topliss-reactive ketones (excluding diaryl/α,β-unsaturated/α-hetero) is 1. The van der Waals surface area contributed by atoms with Crippen molar-refractivity contribution in [2.75, 3.05) is 13.1 Å². The van der Waals surface area contributed by atoms with Crippen LogP contribution in [0.25, 0.3) is 10.2 Å². The molecule has 0 aliphatic carbocycles. The van der Waals surface area contributed by atoms with Crippen LogP contribution in [0.3, 0.4) is 0 Å². The molecule has 1 aliphatic heterocycles. The first-order valence-electron chi connectivity index (χ1n) is 11.0. The van der Waals surface area contributed by atoms with Crippen molar-refractivity contribution in [2.45, 2.75) is 58.5 Å². The zero-order valence-corrected chi connectivity index (χ0v) is 19.3. The fourth-order valence-corrected chi connectivity index (χ4v) is 4.99. The van der Waals surface area contributed by atoms with E-state index in [-0.39, 0.29) is 23.5 Å². The molecule has 2 aromatic rings. The lowest BCUT2D eigenvalue weighted by Gasteiger charge is -2.28. The highest BCUT2D eigenvalue weighted by Crippen LogP contribution is 2.25. The Morgan fingerprint density at radius 2 is 1.84 bits per heavy atom. The van der Waals surface area contributed by atoms with Crippen molar-refractivity contribution >= 4 is 39.2 Å². The number of nitrogens with one attached hydrogen (secondary N) is 3. The maximum absolute atomic E-state index is 13.4. The van der Waals surface area contributed by atoms with Crippen LogP contribution in [0.4, 0.5) is 0 Å². The summed E-state index contributed by atoms with van der Waals surface area (Å²) in [6.45, 7) is 7.24. The maximum atomic E-state index is 13.4. The van der Waals surface area contributed by atoms with E-state index in [1.807, 2.05) is 38.1 Å². The van der Waals surface area contributed by atoms with E-state index in [0.717, 1.165) is 36.1 Å². The predicted octanol–water partition coefficient (Wildman–Crippen LogP) is 2.90. The molecule has 1 aliphatic rings. The molecule has 0 bridgehead atoms. The van der Waals surface area contributed by atoms with Gasteiger partial charge in [0.1, 0.15) is 6.04 Å². The van der Waals surface area contributed by atoms with Crippen molar-refractivity contribution in [1.82, 2.24) is 20.9 Å². The molecule has 31 heavy (non-hydrogen) atoms. The van der Waals surface area contributed by atoms with Crippen molar-refractivity contribution in [3.63, 3.8) is 0 Å². The van der Waals surface area contributed by atoms with E-state index < -0.39 is 12.1 Å². The molecule has 7 nitrogen and oxygen atoms in total. The van der Waals surface area contributed by atoms with Crippen LogP contribution in [-0.4, -0.2) is 47.8 Å². The monoisotopic (exact) mass is 444 g/mol. The third-order valence-corrected chi connectivity index (χ3v) is 6.62. The summed E-state index contributed by atoms with van der Waals surface area (Å²) in [5, 5.41) is 9.45. The molecule has 8 heteroatoms. The topological polar surface area (TPSA) is 100 Å². The average molecular weight is 445 g/mol. The predicted molar refractivity (Wildman–Crippen MR) is 123 cm³/mol. The third-order valence-electron chi connectivity index (χ3n) is 5.57. The Kier molecular flexibility index (Phi) is 8.15. The summed E-state index contributed by atoms with van der Waals surface area (Å²) in [5.41, 5.74) is 0.790. The molecular formula is C23H32N4O3S. The van der Waals surface area contributed by atoms with Gasteiger partial charge in [-0.15, -0.1) is 11.3 Å². The summed E-state index contributed by atoms with van der Waals surface area (Å²) in [5.74, 6) is -0.135. The van der Waals surface area contributed by atoms with E-state index in [2.05, 4.69) is 20.9 Å². The van der Waals surface area contributed by atoms with Crippen LogP contribution in [0.1, 0.15) is 56.3 Å². The van der Waals surface area contributed by atoms with Gasteiger partial charge in [0.25, 0.3) is 0 Å².